The number of aliphatic hydroxyl groups is 4. The molecule has 0 aliphatic rings. The standard InChI is InChI=1S/C17H16Cl2F2N2O4S.C17H16Cl2F2N2O3S.C17H17Cl2FN2O4S.C16H16ClFN2O4S.CH4/c1-9-5-12(18)11(8-15(9)28(26,27)23(2)3-4-24)17(25)22-10-6-13(19)16(21)14(20)7-10;1-23(5-6-24)27(2,26)11-3-4-13(18)12(9-11)17(25)22-10-7-14(19)16(21)15(20)8-10;1-10-7-13(18)12(9-16(10)27(25,26)22(2)5-6-23)17(24)21-11-3-4-15(20)14(19)8-11;1-10-2-3-11(8-15(10)25(23,24)19-6-7-21)16(22)20-12-4-5-14(18)13(17)9-12;/h5-8,24H,3-4H2,1-2H3,(H,22,25);3-4,7-9,24H,2,5-6H2,1H3,(H,22,25);3-4,7-9,23H,5-6H2,1-2H3,(H,21,24);2-5,8-9,19,21H,6-7H2,1H3,(H,20,22);1H4. The zero-order valence-electron chi connectivity index (χ0n) is 56.6. The summed E-state index contributed by atoms with van der Waals surface area (Å²) in [6, 6.07) is 24.1. The van der Waals surface area contributed by atoms with Crippen LogP contribution < -0.4 is 26.0 Å². The van der Waals surface area contributed by atoms with Crippen molar-refractivity contribution in [2.75, 3.05) is 95.0 Å². The summed E-state index contributed by atoms with van der Waals surface area (Å²) < 4.78 is 173. The Balaban J connectivity index is 0.000000303. The fourth-order valence-corrected chi connectivity index (χ4v) is 15.9. The first-order valence-corrected chi connectivity index (χ1v) is 39.0. The molecule has 0 radical (unpaired) electrons. The van der Waals surface area contributed by atoms with Crippen molar-refractivity contribution >= 4 is 173 Å². The molecule has 0 aliphatic carbocycles. The highest BCUT2D eigenvalue weighted by Gasteiger charge is 2.29. The summed E-state index contributed by atoms with van der Waals surface area (Å²) >= 11 is 40.7. The number of carbonyl (C=O) groups excluding carboxylic acids is 4. The Morgan fingerprint density at radius 1 is 0.398 bits per heavy atom. The highest BCUT2D eigenvalue weighted by molar-refractivity contribution is 7.98. The third kappa shape index (κ3) is 24.4. The molecular formula is C68H69Cl7F6N8O15S4. The van der Waals surface area contributed by atoms with E-state index in [2.05, 4.69) is 31.9 Å². The average molecular weight is 1730 g/mol. The number of sulfonamides is 3. The van der Waals surface area contributed by atoms with Gasteiger partial charge in [-0.3, -0.25) is 19.2 Å². The van der Waals surface area contributed by atoms with Crippen molar-refractivity contribution in [2.45, 2.75) is 47.8 Å². The summed E-state index contributed by atoms with van der Waals surface area (Å²) in [4.78, 5) is 49.7. The minimum atomic E-state index is -3.99. The normalized spacial score (nSPS) is 11.9. The molecule has 0 aromatic heterocycles. The molecule has 8 aromatic carbocycles. The number of anilines is 4. The summed E-state index contributed by atoms with van der Waals surface area (Å²) in [6.07, 6.45) is 0. The number of nitrogens with zero attached hydrogens (tertiary/aromatic N) is 3. The van der Waals surface area contributed by atoms with Crippen LogP contribution in [0.1, 0.15) is 65.5 Å². The third-order valence-electron chi connectivity index (χ3n) is 14.7. The van der Waals surface area contributed by atoms with Crippen molar-refractivity contribution in [2.24, 2.45) is 0 Å². The molecule has 40 heteroatoms. The Morgan fingerprint density at radius 2 is 0.778 bits per heavy atom. The van der Waals surface area contributed by atoms with Gasteiger partial charge in [-0.15, -0.1) is 0 Å². The first-order valence-electron chi connectivity index (χ1n) is 30.3. The van der Waals surface area contributed by atoms with Crippen LogP contribution in [-0.4, -0.2) is 166 Å². The maximum atomic E-state index is 13.5. The van der Waals surface area contributed by atoms with Crippen LogP contribution in [0.4, 0.5) is 49.1 Å². The van der Waals surface area contributed by atoms with Crippen LogP contribution in [0.2, 0.25) is 35.2 Å². The molecular weight excluding hydrogens is 1660 g/mol. The van der Waals surface area contributed by atoms with Gasteiger partial charge in [0.15, 0.2) is 23.3 Å². The summed E-state index contributed by atoms with van der Waals surface area (Å²) in [6.45, 7) is 3.09. The molecule has 1 atom stereocenters. The topological polar surface area (TPSA) is 339 Å². The van der Waals surface area contributed by atoms with Crippen molar-refractivity contribution in [1.82, 2.24) is 17.6 Å². The van der Waals surface area contributed by atoms with Gasteiger partial charge in [0.05, 0.1) is 103 Å². The summed E-state index contributed by atoms with van der Waals surface area (Å²) in [5.41, 5.74) is 1.21. The molecule has 1 unspecified atom stereocenters. The van der Waals surface area contributed by atoms with Crippen LogP contribution >= 0.6 is 81.2 Å². The molecule has 9 N–H and O–H groups in total. The van der Waals surface area contributed by atoms with E-state index in [9.17, 15) is 75.0 Å². The first-order chi connectivity index (χ1) is 49.9. The number of halogens is 13. The quantitative estimate of drug-likeness (QED) is 0.0154. The Labute approximate surface area is 654 Å². The fourth-order valence-electron chi connectivity index (χ4n) is 8.90. The maximum Gasteiger partial charge on any atom is 0.257 e. The summed E-state index contributed by atoms with van der Waals surface area (Å²) in [5.74, 6) is -5.36. The molecule has 586 valence electrons. The molecule has 0 spiro atoms. The number of likely N-dealkylation sites (N-methyl/N-ethyl adjacent to an activating group) is 3. The smallest absolute Gasteiger partial charge is 0.257 e. The molecule has 0 saturated carbocycles. The van der Waals surface area contributed by atoms with E-state index in [1.807, 2.05) is 0 Å². The molecule has 23 nitrogen and oxygen atoms in total. The van der Waals surface area contributed by atoms with E-state index >= 15 is 0 Å². The van der Waals surface area contributed by atoms with E-state index in [1.54, 1.807) is 13.8 Å². The van der Waals surface area contributed by atoms with Crippen molar-refractivity contribution in [3.05, 3.63) is 230 Å². The largest absolute Gasteiger partial charge is 0.395 e. The predicted molar refractivity (Wildman–Crippen MR) is 408 cm³/mol. The molecule has 0 saturated heterocycles. The van der Waals surface area contributed by atoms with E-state index < -0.39 is 108 Å². The number of carbonyl (C=O) groups is 4. The van der Waals surface area contributed by atoms with Crippen molar-refractivity contribution in [3.63, 3.8) is 0 Å². The van der Waals surface area contributed by atoms with Gasteiger partial charge < -0.3 is 41.7 Å². The van der Waals surface area contributed by atoms with E-state index in [0.717, 1.165) is 51.1 Å². The van der Waals surface area contributed by atoms with Crippen LogP contribution in [0.15, 0.2) is 141 Å². The second-order valence-electron chi connectivity index (χ2n) is 22.3. The zero-order valence-corrected chi connectivity index (χ0v) is 65.1. The number of nitrogens with one attached hydrogen (secondary N) is 5. The highest BCUT2D eigenvalue weighted by atomic mass is 35.5. The number of aryl methyl sites for hydroxylation is 3. The van der Waals surface area contributed by atoms with Crippen LogP contribution in [0.25, 0.3) is 0 Å². The molecule has 0 heterocycles. The maximum absolute atomic E-state index is 13.5. The molecule has 8 rings (SSSR count). The lowest BCUT2D eigenvalue weighted by Crippen LogP contribution is -2.30. The lowest BCUT2D eigenvalue weighted by atomic mass is 10.1. The van der Waals surface area contributed by atoms with E-state index in [1.165, 1.54) is 111 Å². The Hall–Kier alpha value is -7.20. The highest BCUT2D eigenvalue weighted by Crippen LogP contribution is 2.33. The summed E-state index contributed by atoms with van der Waals surface area (Å²) in [7, 11) is -10.6. The lowest BCUT2D eigenvalue weighted by Gasteiger charge is -2.21. The lowest BCUT2D eigenvalue weighted by molar-refractivity contribution is 0.101. The monoisotopic (exact) mass is 1720 g/mol. The molecule has 108 heavy (non-hydrogen) atoms. The van der Waals surface area contributed by atoms with Gasteiger partial charge in [0, 0.05) is 85.6 Å². The van der Waals surface area contributed by atoms with Gasteiger partial charge in [0.1, 0.15) is 11.6 Å². The van der Waals surface area contributed by atoms with Crippen LogP contribution in [0.5, 0.6) is 0 Å². The van der Waals surface area contributed by atoms with Gasteiger partial charge in [-0.05, 0) is 154 Å². The number of benzene rings is 8. The molecule has 0 fully saturated rings. The van der Waals surface area contributed by atoms with Crippen molar-refractivity contribution in [3.8, 4) is 0 Å². The second kappa shape index (κ2) is 40.7. The van der Waals surface area contributed by atoms with Gasteiger partial charge in [0.2, 0.25) is 30.1 Å². The molecule has 0 bridgehead atoms. The number of rotatable bonds is 24. The Morgan fingerprint density at radius 3 is 1.17 bits per heavy atom. The van der Waals surface area contributed by atoms with Crippen LogP contribution in [0.3, 0.4) is 0 Å². The van der Waals surface area contributed by atoms with Gasteiger partial charge >= 0.3 is 0 Å². The Bertz CT molecular complexity index is 5120. The van der Waals surface area contributed by atoms with E-state index in [4.69, 9.17) is 102 Å². The van der Waals surface area contributed by atoms with E-state index in [0.29, 0.717) is 16.7 Å². The van der Waals surface area contributed by atoms with Gasteiger partial charge in [0.25, 0.3) is 23.6 Å². The molecule has 0 aliphatic heterocycles. The van der Waals surface area contributed by atoms with Crippen molar-refractivity contribution in [1.29, 1.82) is 0 Å². The molecule has 4 amide bonds. The van der Waals surface area contributed by atoms with Gasteiger partial charge in [-0.1, -0.05) is 94.7 Å². The number of hydrogen-bond acceptors (Lipinski definition) is 15. The average Bonchev–Trinajstić information content (AvgIpc) is 0.791. The summed E-state index contributed by atoms with van der Waals surface area (Å²) in [5, 5.41) is 44.2. The Kier molecular flexibility index (Phi) is 35.1. The number of aliphatic hydroxyl groups excluding tert-OH is 4. The number of amides is 4. The second-order valence-corrected chi connectivity index (χ2v) is 33.3. The van der Waals surface area contributed by atoms with E-state index in [-0.39, 0.29) is 150 Å². The van der Waals surface area contributed by atoms with Gasteiger partial charge in [-0.25, -0.2) is 64.8 Å². The van der Waals surface area contributed by atoms with Gasteiger partial charge in [-0.2, -0.15) is 8.61 Å². The zero-order chi connectivity index (χ0) is 80.5. The number of hydrogen-bond donors (Lipinski definition) is 9. The third-order valence-corrected chi connectivity index (χ3v) is 24.5. The van der Waals surface area contributed by atoms with Crippen LogP contribution in [0, 0.1) is 55.7 Å². The minimum Gasteiger partial charge on any atom is -0.395 e. The first kappa shape index (κ1) is 93.2. The fraction of sp³-hybridized carbons (Fsp3) is 0.221. The van der Waals surface area contributed by atoms with Crippen LogP contribution in [-0.2, 0) is 39.8 Å². The molecule has 8 aromatic rings. The predicted octanol–water partition coefficient (Wildman–Crippen LogP) is 13.1. The van der Waals surface area contributed by atoms with Crippen molar-refractivity contribution < 1.29 is 95.4 Å². The SMILES string of the molecule is C.C=S(=O)(c1ccc(Cl)c(C(=O)Nc2cc(F)c(F)c(Cl)c2)c1)N(C)CCO.Cc1cc(Cl)c(C(=O)Nc2cc(F)c(F)c(Cl)c2)cc1S(=O)(=O)N(C)CCO.Cc1cc(Cl)c(C(=O)Nc2ccc(F)c(Cl)c2)cc1S(=O)(=O)N(C)CCO.Cc1ccc(C(=O)Nc2ccc(F)c(Cl)c2)cc1S(=O)(=O)NCCO. The minimum absolute atomic E-state index is 0.